The standard InChI is InChI=1S/C23H26N2O7/c24-18(13-16(21(27)28)11-14-7-3-1-4-8-14)20(26)25-19(23(31)32)17(22(29)30)12-15-9-5-2-6-10-15/h1-10,16-19H,11-13,24H2,(H,25,26)(H,27,28)(H,29,30)(H,31,32)/t16?,17?,18-,19-/m0/s1. The highest BCUT2D eigenvalue weighted by Gasteiger charge is 2.36. The molecule has 0 aliphatic rings. The molecule has 0 aliphatic carbocycles. The SMILES string of the molecule is N[C@@H](CC(Cc1ccccc1)C(=O)O)C(=O)N[C@H](C(=O)O)C(Cc1ccccc1)C(=O)O. The van der Waals surface area contributed by atoms with Crippen LogP contribution in [0.1, 0.15) is 17.5 Å². The van der Waals surface area contributed by atoms with Gasteiger partial charge in [-0.1, -0.05) is 60.7 Å². The minimum Gasteiger partial charge on any atom is -0.481 e. The minimum atomic E-state index is -1.73. The summed E-state index contributed by atoms with van der Waals surface area (Å²) in [6, 6.07) is 14.2. The number of carbonyl (C=O) groups excluding carboxylic acids is 1. The van der Waals surface area contributed by atoms with Crippen molar-refractivity contribution in [2.45, 2.75) is 31.3 Å². The van der Waals surface area contributed by atoms with Gasteiger partial charge < -0.3 is 26.4 Å². The van der Waals surface area contributed by atoms with Crippen molar-refractivity contribution in [2.75, 3.05) is 0 Å². The Morgan fingerprint density at radius 2 is 1.25 bits per heavy atom. The number of hydrogen-bond donors (Lipinski definition) is 5. The van der Waals surface area contributed by atoms with E-state index in [1.807, 2.05) is 0 Å². The Morgan fingerprint density at radius 1 is 0.750 bits per heavy atom. The molecule has 0 spiro atoms. The highest BCUT2D eigenvalue weighted by Crippen LogP contribution is 2.17. The summed E-state index contributed by atoms with van der Waals surface area (Å²) in [5.74, 6) is -7.38. The van der Waals surface area contributed by atoms with Gasteiger partial charge in [0.05, 0.1) is 17.9 Å². The van der Waals surface area contributed by atoms with Crippen molar-refractivity contribution >= 4 is 23.8 Å². The van der Waals surface area contributed by atoms with E-state index >= 15 is 0 Å². The number of carboxylic acids is 3. The van der Waals surface area contributed by atoms with Crippen LogP contribution in [-0.4, -0.2) is 51.2 Å². The van der Waals surface area contributed by atoms with Crippen LogP contribution in [0.25, 0.3) is 0 Å². The van der Waals surface area contributed by atoms with E-state index in [4.69, 9.17) is 5.73 Å². The summed E-state index contributed by atoms with van der Waals surface area (Å²) in [7, 11) is 0. The lowest BCUT2D eigenvalue weighted by Gasteiger charge is -2.24. The molecule has 0 radical (unpaired) electrons. The van der Waals surface area contributed by atoms with E-state index < -0.39 is 47.7 Å². The van der Waals surface area contributed by atoms with Gasteiger partial charge in [0.15, 0.2) is 0 Å². The van der Waals surface area contributed by atoms with E-state index in [-0.39, 0.29) is 19.3 Å². The summed E-state index contributed by atoms with van der Waals surface area (Å²) in [6.07, 6.45) is -0.210. The molecule has 2 aromatic carbocycles. The fourth-order valence-corrected chi connectivity index (χ4v) is 3.39. The van der Waals surface area contributed by atoms with Gasteiger partial charge in [0.1, 0.15) is 6.04 Å². The van der Waals surface area contributed by atoms with Crippen LogP contribution in [0.3, 0.4) is 0 Å². The predicted octanol–water partition coefficient (Wildman–Crippen LogP) is 1.16. The first-order valence-corrected chi connectivity index (χ1v) is 10.0. The summed E-state index contributed by atoms with van der Waals surface area (Å²) >= 11 is 0. The fraction of sp³-hybridized carbons (Fsp3) is 0.304. The molecule has 6 N–H and O–H groups in total. The first kappa shape index (κ1) is 24.5. The van der Waals surface area contributed by atoms with E-state index in [1.54, 1.807) is 60.7 Å². The van der Waals surface area contributed by atoms with Crippen LogP contribution in [0.15, 0.2) is 60.7 Å². The van der Waals surface area contributed by atoms with E-state index in [1.165, 1.54) is 0 Å². The maximum atomic E-state index is 12.6. The molecule has 1 amide bonds. The molecule has 0 aromatic heterocycles. The Kier molecular flexibility index (Phi) is 8.91. The first-order chi connectivity index (χ1) is 15.2. The Hall–Kier alpha value is -3.72. The fourth-order valence-electron chi connectivity index (χ4n) is 3.39. The highest BCUT2D eigenvalue weighted by atomic mass is 16.4. The number of carbonyl (C=O) groups is 4. The maximum absolute atomic E-state index is 12.6. The van der Waals surface area contributed by atoms with Crippen molar-refractivity contribution in [3.63, 3.8) is 0 Å². The quantitative estimate of drug-likeness (QED) is 0.326. The third-order valence-electron chi connectivity index (χ3n) is 5.13. The van der Waals surface area contributed by atoms with Crippen molar-refractivity contribution in [3.05, 3.63) is 71.8 Å². The zero-order valence-electron chi connectivity index (χ0n) is 17.3. The average molecular weight is 442 g/mol. The number of carboxylic acid groups (broad SMARTS) is 3. The number of nitrogens with two attached hydrogens (primary N) is 1. The summed E-state index contributed by atoms with van der Waals surface area (Å²) in [6.45, 7) is 0. The molecule has 9 heteroatoms. The summed E-state index contributed by atoms with van der Waals surface area (Å²) in [5, 5.41) is 30.8. The molecule has 0 bridgehead atoms. The van der Waals surface area contributed by atoms with Crippen molar-refractivity contribution < 1.29 is 34.5 Å². The van der Waals surface area contributed by atoms with Crippen molar-refractivity contribution in [1.82, 2.24) is 5.32 Å². The molecule has 32 heavy (non-hydrogen) atoms. The van der Waals surface area contributed by atoms with Gasteiger partial charge in [-0.2, -0.15) is 0 Å². The summed E-state index contributed by atoms with van der Waals surface area (Å²) in [4.78, 5) is 47.7. The lowest BCUT2D eigenvalue weighted by atomic mass is 9.90. The number of nitrogens with one attached hydrogen (secondary N) is 1. The van der Waals surface area contributed by atoms with Crippen molar-refractivity contribution in [1.29, 1.82) is 0 Å². The van der Waals surface area contributed by atoms with Crippen LogP contribution >= 0.6 is 0 Å². The van der Waals surface area contributed by atoms with Gasteiger partial charge in [0, 0.05) is 0 Å². The molecule has 4 atom stereocenters. The monoisotopic (exact) mass is 442 g/mol. The maximum Gasteiger partial charge on any atom is 0.327 e. The van der Waals surface area contributed by atoms with Crippen molar-refractivity contribution in [3.8, 4) is 0 Å². The van der Waals surface area contributed by atoms with Crippen LogP contribution in [0.5, 0.6) is 0 Å². The molecule has 0 heterocycles. The Labute approximate surface area is 184 Å². The minimum absolute atomic E-state index is 0.117. The van der Waals surface area contributed by atoms with Gasteiger partial charge in [-0.15, -0.1) is 0 Å². The Bertz CT molecular complexity index is 934. The van der Waals surface area contributed by atoms with E-state index in [2.05, 4.69) is 5.32 Å². The average Bonchev–Trinajstić information content (AvgIpc) is 2.76. The van der Waals surface area contributed by atoms with E-state index in [0.717, 1.165) is 5.56 Å². The zero-order valence-corrected chi connectivity index (χ0v) is 17.3. The lowest BCUT2D eigenvalue weighted by Crippen LogP contribution is -2.54. The van der Waals surface area contributed by atoms with Crippen LogP contribution in [0.2, 0.25) is 0 Å². The van der Waals surface area contributed by atoms with Gasteiger partial charge in [-0.05, 0) is 30.4 Å². The first-order valence-electron chi connectivity index (χ1n) is 10.0. The van der Waals surface area contributed by atoms with Gasteiger partial charge >= 0.3 is 17.9 Å². The second kappa shape index (κ2) is 11.6. The number of aliphatic carboxylic acids is 3. The lowest BCUT2D eigenvalue weighted by molar-refractivity contribution is -0.152. The molecule has 170 valence electrons. The van der Waals surface area contributed by atoms with Crippen LogP contribution in [-0.2, 0) is 32.0 Å². The normalized spacial score (nSPS) is 14.5. The Morgan fingerprint density at radius 3 is 1.69 bits per heavy atom. The molecule has 0 saturated carbocycles. The van der Waals surface area contributed by atoms with Gasteiger partial charge in [0.25, 0.3) is 0 Å². The largest absolute Gasteiger partial charge is 0.481 e. The number of amides is 1. The molecular weight excluding hydrogens is 416 g/mol. The summed E-state index contributed by atoms with van der Waals surface area (Å²) < 4.78 is 0. The topological polar surface area (TPSA) is 167 Å². The smallest absolute Gasteiger partial charge is 0.327 e. The third kappa shape index (κ3) is 7.21. The van der Waals surface area contributed by atoms with E-state index in [9.17, 15) is 34.5 Å². The molecular formula is C23H26N2O7. The molecule has 2 unspecified atom stereocenters. The van der Waals surface area contributed by atoms with Gasteiger partial charge in [-0.3, -0.25) is 14.4 Å². The molecule has 2 aromatic rings. The molecule has 0 saturated heterocycles. The van der Waals surface area contributed by atoms with Crippen LogP contribution in [0.4, 0.5) is 0 Å². The molecule has 9 nitrogen and oxygen atoms in total. The van der Waals surface area contributed by atoms with Crippen LogP contribution < -0.4 is 11.1 Å². The third-order valence-corrected chi connectivity index (χ3v) is 5.13. The van der Waals surface area contributed by atoms with E-state index in [0.29, 0.717) is 5.56 Å². The van der Waals surface area contributed by atoms with Gasteiger partial charge in [0.2, 0.25) is 5.91 Å². The predicted molar refractivity (Wildman–Crippen MR) is 115 cm³/mol. The van der Waals surface area contributed by atoms with Crippen molar-refractivity contribution in [2.24, 2.45) is 17.6 Å². The molecule has 2 rings (SSSR count). The summed E-state index contributed by atoms with van der Waals surface area (Å²) in [5.41, 5.74) is 7.22. The molecule has 0 aliphatic heterocycles. The highest BCUT2D eigenvalue weighted by molar-refractivity contribution is 5.90. The number of benzene rings is 2. The number of hydrogen-bond acceptors (Lipinski definition) is 5. The number of rotatable bonds is 12. The molecule has 0 fully saturated rings. The zero-order chi connectivity index (χ0) is 23.7. The Balaban J connectivity index is 2.10. The second-order valence-corrected chi connectivity index (χ2v) is 7.53. The van der Waals surface area contributed by atoms with Gasteiger partial charge in [-0.25, -0.2) is 4.79 Å². The second-order valence-electron chi connectivity index (χ2n) is 7.53. The van der Waals surface area contributed by atoms with Crippen LogP contribution in [0, 0.1) is 11.8 Å².